The number of rotatable bonds is 5. The largest absolute Gasteiger partial charge is 0.481 e. The lowest BCUT2D eigenvalue weighted by atomic mass is 10.2. The highest BCUT2D eigenvalue weighted by molar-refractivity contribution is 5.92. The van der Waals surface area contributed by atoms with Gasteiger partial charge in [-0.2, -0.15) is 0 Å². The maximum atomic E-state index is 11.5. The minimum atomic E-state index is -0.995. The lowest BCUT2D eigenvalue weighted by Crippen LogP contribution is -2.13. The quantitative estimate of drug-likeness (QED) is 0.830. The van der Waals surface area contributed by atoms with Gasteiger partial charge in [-0.25, -0.2) is 4.68 Å². The Morgan fingerprint density at radius 3 is 2.50 bits per heavy atom. The molecule has 2 N–H and O–H groups in total. The highest BCUT2D eigenvalue weighted by Crippen LogP contribution is 2.18. The molecule has 0 saturated heterocycles. The minimum absolute atomic E-state index is 0.0513. The third kappa shape index (κ3) is 3.37. The molecule has 2 aromatic rings. The van der Waals surface area contributed by atoms with Gasteiger partial charge in [0.15, 0.2) is 5.82 Å². The second-order valence-electron chi connectivity index (χ2n) is 4.15. The third-order valence-corrected chi connectivity index (χ3v) is 2.61. The summed E-state index contributed by atoms with van der Waals surface area (Å²) in [6.07, 6.45) is -0.237. The molecule has 20 heavy (non-hydrogen) atoms. The summed E-state index contributed by atoms with van der Waals surface area (Å²) in [4.78, 5) is 21.8. The van der Waals surface area contributed by atoms with Crippen molar-refractivity contribution in [2.75, 3.05) is 5.32 Å². The number of nitrogens with zero attached hydrogens (tertiary/aromatic N) is 4. The Labute approximate surface area is 114 Å². The van der Waals surface area contributed by atoms with Gasteiger partial charge in [-0.1, -0.05) is 0 Å². The van der Waals surface area contributed by atoms with Gasteiger partial charge >= 0.3 is 5.97 Å². The average Bonchev–Trinajstić information content (AvgIpc) is 2.84. The van der Waals surface area contributed by atoms with E-state index in [1.54, 1.807) is 36.0 Å². The molecule has 1 aromatic heterocycles. The van der Waals surface area contributed by atoms with Crippen molar-refractivity contribution in [1.82, 2.24) is 20.2 Å². The molecule has 104 valence electrons. The fourth-order valence-corrected chi connectivity index (χ4v) is 1.62. The molecular formula is C12H13N5O3. The van der Waals surface area contributed by atoms with Gasteiger partial charge in [0.2, 0.25) is 5.91 Å². The number of nitrogens with one attached hydrogen (secondary N) is 1. The van der Waals surface area contributed by atoms with E-state index < -0.39 is 5.97 Å². The smallest absolute Gasteiger partial charge is 0.303 e. The van der Waals surface area contributed by atoms with Crippen molar-refractivity contribution in [2.45, 2.75) is 12.8 Å². The molecule has 2 rings (SSSR count). The Morgan fingerprint density at radius 1 is 1.25 bits per heavy atom. The van der Waals surface area contributed by atoms with Crippen LogP contribution in [0.5, 0.6) is 0 Å². The predicted molar refractivity (Wildman–Crippen MR) is 69.7 cm³/mol. The van der Waals surface area contributed by atoms with Crippen LogP contribution >= 0.6 is 0 Å². The summed E-state index contributed by atoms with van der Waals surface area (Å²) < 4.78 is 1.54. The van der Waals surface area contributed by atoms with E-state index in [-0.39, 0.29) is 18.7 Å². The number of carbonyl (C=O) groups excluding carboxylic acids is 1. The lowest BCUT2D eigenvalue weighted by molar-refractivity contribution is -0.138. The molecule has 1 aromatic carbocycles. The van der Waals surface area contributed by atoms with Crippen LogP contribution < -0.4 is 5.32 Å². The first-order valence-corrected chi connectivity index (χ1v) is 5.90. The Balaban J connectivity index is 2.00. The molecule has 0 fully saturated rings. The second kappa shape index (κ2) is 5.91. The number of tetrazole rings is 1. The summed E-state index contributed by atoms with van der Waals surface area (Å²) in [5.74, 6) is -0.709. The fraction of sp³-hybridized carbons (Fsp3) is 0.250. The van der Waals surface area contributed by atoms with E-state index >= 15 is 0 Å². The molecule has 0 aliphatic carbocycles. The topological polar surface area (TPSA) is 110 Å². The minimum Gasteiger partial charge on any atom is -0.481 e. The van der Waals surface area contributed by atoms with Gasteiger partial charge in [-0.05, 0) is 34.7 Å². The van der Waals surface area contributed by atoms with Crippen LogP contribution in [0.1, 0.15) is 12.8 Å². The first-order chi connectivity index (χ1) is 9.56. The van der Waals surface area contributed by atoms with Crippen LogP contribution in [0, 0.1) is 0 Å². The van der Waals surface area contributed by atoms with Gasteiger partial charge in [-0.3, -0.25) is 9.59 Å². The zero-order valence-electron chi connectivity index (χ0n) is 10.8. The molecule has 0 bridgehead atoms. The molecule has 0 saturated carbocycles. The van der Waals surface area contributed by atoms with Gasteiger partial charge in [-0.15, -0.1) is 5.10 Å². The Kier molecular flexibility index (Phi) is 4.04. The van der Waals surface area contributed by atoms with Crippen molar-refractivity contribution in [3.63, 3.8) is 0 Å². The number of amides is 1. The van der Waals surface area contributed by atoms with Crippen molar-refractivity contribution in [3.8, 4) is 11.4 Å². The summed E-state index contributed by atoms with van der Waals surface area (Å²) in [5, 5.41) is 22.3. The van der Waals surface area contributed by atoms with E-state index in [1.165, 1.54) is 0 Å². The number of benzene rings is 1. The van der Waals surface area contributed by atoms with Crippen LogP contribution in [-0.2, 0) is 16.6 Å². The third-order valence-electron chi connectivity index (χ3n) is 2.61. The van der Waals surface area contributed by atoms with Gasteiger partial charge in [0, 0.05) is 24.7 Å². The van der Waals surface area contributed by atoms with Crippen molar-refractivity contribution >= 4 is 17.6 Å². The average molecular weight is 275 g/mol. The number of carboxylic acid groups (broad SMARTS) is 1. The van der Waals surface area contributed by atoms with E-state index in [2.05, 4.69) is 20.8 Å². The van der Waals surface area contributed by atoms with Crippen molar-refractivity contribution in [2.24, 2.45) is 7.05 Å². The van der Waals surface area contributed by atoms with Crippen molar-refractivity contribution in [3.05, 3.63) is 24.3 Å². The molecule has 0 radical (unpaired) electrons. The molecule has 0 aliphatic heterocycles. The monoisotopic (exact) mass is 275 g/mol. The molecule has 0 aliphatic rings. The SMILES string of the molecule is Cn1nnnc1-c1ccc(NC(=O)CCC(=O)O)cc1. The number of carboxylic acids is 1. The van der Waals surface area contributed by atoms with Crippen molar-refractivity contribution in [1.29, 1.82) is 0 Å². The van der Waals surface area contributed by atoms with Gasteiger partial charge in [0.1, 0.15) is 0 Å². The van der Waals surface area contributed by atoms with Crippen LogP contribution in [0.3, 0.4) is 0 Å². The number of anilines is 1. The summed E-state index contributed by atoms with van der Waals surface area (Å²) in [5.41, 5.74) is 1.42. The highest BCUT2D eigenvalue weighted by atomic mass is 16.4. The maximum Gasteiger partial charge on any atom is 0.303 e. The zero-order chi connectivity index (χ0) is 14.5. The second-order valence-corrected chi connectivity index (χ2v) is 4.15. The van der Waals surface area contributed by atoms with E-state index in [9.17, 15) is 9.59 Å². The van der Waals surface area contributed by atoms with Crippen LogP contribution in [0.15, 0.2) is 24.3 Å². The summed E-state index contributed by atoms with van der Waals surface area (Å²) >= 11 is 0. The fourth-order valence-electron chi connectivity index (χ4n) is 1.62. The Hall–Kier alpha value is -2.77. The van der Waals surface area contributed by atoms with E-state index in [4.69, 9.17) is 5.11 Å². The van der Waals surface area contributed by atoms with Crippen LogP contribution in [0.4, 0.5) is 5.69 Å². The molecule has 8 heteroatoms. The van der Waals surface area contributed by atoms with Gasteiger partial charge < -0.3 is 10.4 Å². The van der Waals surface area contributed by atoms with E-state index in [1.807, 2.05) is 0 Å². The molecule has 0 atom stereocenters. The zero-order valence-corrected chi connectivity index (χ0v) is 10.8. The number of aromatic nitrogens is 4. The molecule has 8 nitrogen and oxygen atoms in total. The first kappa shape index (κ1) is 13.7. The molecular weight excluding hydrogens is 262 g/mol. The predicted octanol–water partition coefficient (Wildman–Crippen LogP) is 0.680. The number of aliphatic carboxylic acids is 1. The normalized spacial score (nSPS) is 10.2. The molecule has 0 unspecified atom stereocenters. The van der Waals surface area contributed by atoms with Gasteiger partial charge in [0.25, 0.3) is 0 Å². The molecule has 0 spiro atoms. The number of hydrogen-bond donors (Lipinski definition) is 2. The van der Waals surface area contributed by atoms with Crippen LogP contribution in [0.25, 0.3) is 11.4 Å². The molecule has 1 heterocycles. The van der Waals surface area contributed by atoms with E-state index in [0.717, 1.165) is 5.56 Å². The Bertz CT molecular complexity index is 620. The Morgan fingerprint density at radius 2 is 1.95 bits per heavy atom. The molecule has 1 amide bonds. The first-order valence-electron chi connectivity index (χ1n) is 5.90. The lowest BCUT2D eigenvalue weighted by Gasteiger charge is -2.05. The van der Waals surface area contributed by atoms with Gasteiger partial charge in [0.05, 0.1) is 6.42 Å². The summed E-state index contributed by atoms with van der Waals surface area (Å²) in [6, 6.07) is 6.97. The number of carbonyl (C=O) groups is 2. The summed E-state index contributed by atoms with van der Waals surface area (Å²) in [7, 11) is 1.73. The van der Waals surface area contributed by atoms with Crippen LogP contribution in [-0.4, -0.2) is 37.2 Å². The van der Waals surface area contributed by atoms with Crippen molar-refractivity contribution < 1.29 is 14.7 Å². The standard InChI is InChI=1S/C12H13N5O3/c1-17-12(14-15-16-17)8-2-4-9(5-3-8)13-10(18)6-7-11(19)20/h2-5H,6-7H2,1H3,(H,13,18)(H,19,20). The number of hydrogen-bond acceptors (Lipinski definition) is 5. The maximum absolute atomic E-state index is 11.5. The highest BCUT2D eigenvalue weighted by Gasteiger charge is 2.08. The van der Waals surface area contributed by atoms with Crippen LogP contribution in [0.2, 0.25) is 0 Å². The number of aryl methyl sites for hydroxylation is 1. The van der Waals surface area contributed by atoms with E-state index in [0.29, 0.717) is 11.5 Å². The summed E-state index contributed by atoms with van der Waals surface area (Å²) in [6.45, 7) is 0.